The summed E-state index contributed by atoms with van der Waals surface area (Å²) in [5, 5.41) is 5.72. The third-order valence-corrected chi connectivity index (χ3v) is 5.42. The van der Waals surface area contributed by atoms with Gasteiger partial charge in [-0.1, -0.05) is 25.1 Å². The maximum absolute atomic E-state index is 12.3. The summed E-state index contributed by atoms with van der Waals surface area (Å²) in [6, 6.07) is 13.6. The van der Waals surface area contributed by atoms with Crippen molar-refractivity contribution in [3.8, 4) is 0 Å². The molecule has 0 bridgehead atoms. The Morgan fingerprint density at radius 3 is 2.73 bits per heavy atom. The normalized spacial score (nSPS) is 12.5. The molecule has 2 aromatic rings. The van der Waals surface area contributed by atoms with E-state index in [0.717, 1.165) is 24.2 Å². The van der Waals surface area contributed by atoms with E-state index < -0.39 is 0 Å². The van der Waals surface area contributed by atoms with Gasteiger partial charge in [-0.25, -0.2) is 0 Å². The summed E-state index contributed by atoms with van der Waals surface area (Å²) in [6.45, 7) is 2.62. The lowest BCUT2D eigenvalue weighted by Crippen LogP contribution is -2.26. The summed E-state index contributed by atoms with van der Waals surface area (Å²) in [5.74, 6) is 0.0595. The largest absolute Gasteiger partial charge is 0.352 e. The predicted molar refractivity (Wildman–Crippen MR) is 107 cm³/mol. The van der Waals surface area contributed by atoms with Crippen LogP contribution in [-0.2, 0) is 17.6 Å². The van der Waals surface area contributed by atoms with Crippen LogP contribution in [0.5, 0.6) is 0 Å². The van der Waals surface area contributed by atoms with Gasteiger partial charge in [0.1, 0.15) is 0 Å². The molecule has 0 atom stereocenters. The van der Waals surface area contributed by atoms with E-state index in [0.29, 0.717) is 23.5 Å². The molecule has 1 aliphatic carbocycles. The van der Waals surface area contributed by atoms with Crippen LogP contribution in [-0.4, -0.2) is 24.1 Å². The van der Waals surface area contributed by atoms with E-state index in [2.05, 4.69) is 28.8 Å². The average Bonchev–Trinajstić information content (AvgIpc) is 3.12. The van der Waals surface area contributed by atoms with Crippen molar-refractivity contribution >= 4 is 29.3 Å². The summed E-state index contributed by atoms with van der Waals surface area (Å²) in [7, 11) is 0. The monoisotopic (exact) mass is 368 g/mol. The number of carbonyl (C=O) groups is 2. The number of amides is 2. The minimum absolute atomic E-state index is 0.105. The number of para-hydroxylation sites is 1. The Labute approximate surface area is 158 Å². The van der Waals surface area contributed by atoms with Crippen molar-refractivity contribution in [1.82, 2.24) is 5.32 Å². The topological polar surface area (TPSA) is 58.2 Å². The van der Waals surface area contributed by atoms with Crippen LogP contribution in [0.1, 0.15) is 41.3 Å². The van der Waals surface area contributed by atoms with Gasteiger partial charge in [-0.05, 0) is 61.1 Å². The van der Waals surface area contributed by atoms with Crippen LogP contribution in [0.2, 0.25) is 0 Å². The van der Waals surface area contributed by atoms with Crippen LogP contribution >= 0.6 is 11.8 Å². The van der Waals surface area contributed by atoms with E-state index in [1.54, 1.807) is 18.2 Å². The molecule has 0 fully saturated rings. The molecule has 3 rings (SSSR count). The van der Waals surface area contributed by atoms with Crippen LogP contribution in [0.3, 0.4) is 0 Å². The van der Waals surface area contributed by atoms with Gasteiger partial charge in [0.05, 0.1) is 17.0 Å². The van der Waals surface area contributed by atoms with E-state index in [-0.39, 0.29) is 11.8 Å². The standard InChI is InChI=1S/C21H24N2O2S/c1-2-12-22-21(25)18-8-3-4-9-19(18)23-20(24)14-26-17-11-10-15-6-5-7-16(15)13-17/h3-4,8-11,13H,2,5-7,12,14H2,1H3,(H,22,25)(H,23,24). The van der Waals surface area contributed by atoms with Gasteiger partial charge < -0.3 is 10.6 Å². The number of hydrogen-bond acceptors (Lipinski definition) is 3. The number of anilines is 1. The lowest BCUT2D eigenvalue weighted by molar-refractivity contribution is -0.113. The van der Waals surface area contributed by atoms with Crippen LogP contribution in [0, 0.1) is 0 Å². The van der Waals surface area contributed by atoms with Gasteiger partial charge in [-0.15, -0.1) is 11.8 Å². The molecule has 26 heavy (non-hydrogen) atoms. The molecule has 0 spiro atoms. The molecule has 0 radical (unpaired) electrons. The van der Waals surface area contributed by atoms with Crippen LogP contribution in [0.4, 0.5) is 5.69 Å². The van der Waals surface area contributed by atoms with Crippen molar-refractivity contribution in [1.29, 1.82) is 0 Å². The second-order valence-electron chi connectivity index (χ2n) is 6.42. The zero-order valence-electron chi connectivity index (χ0n) is 15.0. The molecule has 2 amide bonds. The summed E-state index contributed by atoms with van der Waals surface area (Å²) >= 11 is 1.53. The highest BCUT2D eigenvalue weighted by molar-refractivity contribution is 8.00. The first-order valence-corrected chi connectivity index (χ1v) is 10.1. The van der Waals surface area contributed by atoms with Crippen LogP contribution in [0.15, 0.2) is 47.4 Å². The van der Waals surface area contributed by atoms with Crippen LogP contribution in [0.25, 0.3) is 0 Å². The molecule has 2 aromatic carbocycles. The third kappa shape index (κ3) is 4.67. The zero-order valence-corrected chi connectivity index (χ0v) is 15.8. The number of aryl methyl sites for hydroxylation is 2. The van der Waals surface area contributed by atoms with Gasteiger partial charge in [0.15, 0.2) is 0 Å². The van der Waals surface area contributed by atoms with Gasteiger partial charge in [-0.3, -0.25) is 9.59 Å². The average molecular weight is 369 g/mol. The molecule has 5 heteroatoms. The molecule has 0 saturated heterocycles. The van der Waals surface area contributed by atoms with E-state index in [9.17, 15) is 9.59 Å². The maximum Gasteiger partial charge on any atom is 0.253 e. The van der Waals surface area contributed by atoms with Gasteiger partial charge in [-0.2, -0.15) is 0 Å². The number of rotatable bonds is 7. The van der Waals surface area contributed by atoms with Crippen LogP contribution < -0.4 is 10.6 Å². The number of nitrogens with one attached hydrogen (secondary N) is 2. The number of thioether (sulfide) groups is 1. The number of carbonyl (C=O) groups excluding carboxylic acids is 2. The molecule has 0 saturated carbocycles. The first-order chi connectivity index (χ1) is 12.7. The molecule has 136 valence electrons. The van der Waals surface area contributed by atoms with Crippen molar-refractivity contribution in [2.75, 3.05) is 17.6 Å². The SMILES string of the molecule is CCCNC(=O)c1ccccc1NC(=O)CSc1ccc2c(c1)CCC2. The molecule has 0 aliphatic heterocycles. The predicted octanol–water partition coefficient (Wildman–Crippen LogP) is 4.05. The van der Waals surface area contributed by atoms with E-state index in [4.69, 9.17) is 0 Å². The summed E-state index contributed by atoms with van der Waals surface area (Å²) < 4.78 is 0. The molecule has 4 nitrogen and oxygen atoms in total. The van der Waals surface area contributed by atoms with Crippen molar-refractivity contribution in [2.24, 2.45) is 0 Å². The lowest BCUT2D eigenvalue weighted by Gasteiger charge is -2.11. The Hall–Kier alpha value is -2.27. The third-order valence-electron chi connectivity index (χ3n) is 4.42. The fourth-order valence-electron chi connectivity index (χ4n) is 3.10. The first-order valence-electron chi connectivity index (χ1n) is 9.09. The van der Waals surface area contributed by atoms with Gasteiger partial charge in [0.2, 0.25) is 5.91 Å². The zero-order chi connectivity index (χ0) is 18.4. The highest BCUT2D eigenvalue weighted by Gasteiger charge is 2.14. The van der Waals surface area contributed by atoms with Gasteiger partial charge >= 0.3 is 0 Å². The van der Waals surface area contributed by atoms with E-state index in [1.165, 1.54) is 29.3 Å². The Bertz CT molecular complexity index is 804. The molecule has 2 N–H and O–H groups in total. The number of fused-ring (bicyclic) bond motifs is 1. The second kappa shape index (κ2) is 8.90. The fraction of sp³-hybridized carbons (Fsp3) is 0.333. The van der Waals surface area contributed by atoms with Gasteiger partial charge in [0, 0.05) is 11.4 Å². The summed E-state index contributed by atoms with van der Waals surface area (Å²) in [6.07, 6.45) is 4.40. The summed E-state index contributed by atoms with van der Waals surface area (Å²) in [4.78, 5) is 25.7. The second-order valence-corrected chi connectivity index (χ2v) is 7.47. The van der Waals surface area contributed by atoms with E-state index >= 15 is 0 Å². The molecule has 1 aliphatic rings. The van der Waals surface area contributed by atoms with Crippen molar-refractivity contribution in [3.63, 3.8) is 0 Å². The van der Waals surface area contributed by atoms with Crippen molar-refractivity contribution in [3.05, 3.63) is 59.2 Å². The Kier molecular flexibility index (Phi) is 6.34. The quantitative estimate of drug-likeness (QED) is 0.725. The molecule has 0 aromatic heterocycles. The highest BCUT2D eigenvalue weighted by atomic mass is 32.2. The minimum atomic E-state index is -0.158. The molecule has 0 heterocycles. The highest BCUT2D eigenvalue weighted by Crippen LogP contribution is 2.27. The minimum Gasteiger partial charge on any atom is -0.352 e. The lowest BCUT2D eigenvalue weighted by atomic mass is 10.1. The molecule has 0 unspecified atom stereocenters. The van der Waals surface area contributed by atoms with E-state index in [1.807, 2.05) is 13.0 Å². The number of hydrogen-bond donors (Lipinski definition) is 2. The van der Waals surface area contributed by atoms with Crippen molar-refractivity contribution < 1.29 is 9.59 Å². The smallest absolute Gasteiger partial charge is 0.253 e. The summed E-state index contributed by atoms with van der Waals surface area (Å²) in [5.41, 5.74) is 3.90. The Morgan fingerprint density at radius 1 is 1.08 bits per heavy atom. The maximum atomic E-state index is 12.3. The van der Waals surface area contributed by atoms with Gasteiger partial charge in [0.25, 0.3) is 5.91 Å². The fourth-order valence-corrected chi connectivity index (χ4v) is 3.86. The first kappa shape index (κ1) is 18.5. The number of benzene rings is 2. The molecular weight excluding hydrogens is 344 g/mol. The van der Waals surface area contributed by atoms with Crippen molar-refractivity contribution in [2.45, 2.75) is 37.5 Å². The Balaban J connectivity index is 1.59. The Morgan fingerprint density at radius 2 is 1.88 bits per heavy atom. The molecular formula is C21H24N2O2S.